The fraction of sp³-hybridized carbons (Fsp3) is 0.462. The lowest BCUT2D eigenvalue weighted by Crippen LogP contribution is -2.37. The van der Waals surface area contributed by atoms with Gasteiger partial charge in [-0.1, -0.05) is 12.1 Å². The number of hydrogen-bond donors (Lipinski definition) is 2. The van der Waals surface area contributed by atoms with E-state index in [1.54, 1.807) is 0 Å². The summed E-state index contributed by atoms with van der Waals surface area (Å²) >= 11 is 0. The van der Waals surface area contributed by atoms with Gasteiger partial charge in [0.1, 0.15) is 0 Å². The zero-order chi connectivity index (χ0) is 13.9. The number of hydrogen-bond acceptors (Lipinski definition) is 2. The molecule has 1 aromatic rings. The molecule has 0 aliphatic carbocycles. The Hall–Kier alpha value is -1.56. The van der Waals surface area contributed by atoms with Crippen LogP contribution in [0.2, 0.25) is 0 Å². The van der Waals surface area contributed by atoms with E-state index < -0.39 is 11.7 Å². The van der Waals surface area contributed by atoms with Gasteiger partial charge in [0.05, 0.1) is 17.2 Å². The molecule has 19 heavy (non-hydrogen) atoms. The van der Waals surface area contributed by atoms with Gasteiger partial charge in [0.25, 0.3) is 0 Å². The van der Waals surface area contributed by atoms with Gasteiger partial charge in [0, 0.05) is 6.54 Å². The van der Waals surface area contributed by atoms with Crippen LogP contribution in [-0.2, 0) is 11.0 Å². The van der Waals surface area contributed by atoms with Gasteiger partial charge >= 0.3 is 6.18 Å². The number of anilines is 1. The lowest BCUT2D eigenvalue weighted by Gasteiger charge is -2.22. The van der Waals surface area contributed by atoms with Gasteiger partial charge < -0.3 is 10.6 Å². The summed E-state index contributed by atoms with van der Waals surface area (Å²) < 4.78 is 38.3. The number of alkyl halides is 3. The maximum Gasteiger partial charge on any atom is 0.418 e. The van der Waals surface area contributed by atoms with Crippen LogP contribution >= 0.6 is 0 Å². The molecule has 104 valence electrons. The zero-order valence-corrected chi connectivity index (χ0v) is 10.3. The van der Waals surface area contributed by atoms with Crippen LogP contribution in [0.5, 0.6) is 0 Å². The first-order chi connectivity index (χ1) is 8.98. The van der Waals surface area contributed by atoms with Gasteiger partial charge in [-0.05, 0) is 31.5 Å². The summed E-state index contributed by atoms with van der Waals surface area (Å²) in [4.78, 5) is 11.9. The summed E-state index contributed by atoms with van der Waals surface area (Å²) in [5.41, 5.74) is -0.988. The molecule has 3 nitrogen and oxygen atoms in total. The van der Waals surface area contributed by atoms with E-state index in [0.29, 0.717) is 13.0 Å². The Bertz CT molecular complexity index is 453. The van der Waals surface area contributed by atoms with Crippen LogP contribution < -0.4 is 10.6 Å². The summed E-state index contributed by atoms with van der Waals surface area (Å²) in [6, 6.07) is 5.02. The van der Waals surface area contributed by atoms with Crippen LogP contribution in [0.25, 0.3) is 0 Å². The van der Waals surface area contributed by atoms with E-state index in [1.165, 1.54) is 18.2 Å². The van der Waals surface area contributed by atoms with Gasteiger partial charge in [-0.25, -0.2) is 0 Å². The Morgan fingerprint density at radius 2 is 2.05 bits per heavy atom. The predicted octanol–water partition coefficient (Wildman–Crippen LogP) is 2.64. The van der Waals surface area contributed by atoms with Crippen LogP contribution in [0.15, 0.2) is 24.3 Å². The molecule has 1 heterocycles. The molecule has 1 aliphatic heterocycles. The molecule has 0 saturated carbocycles. The molecule has 1 aromatic carbocycles. The first kappa shape index (κ1) is 13.9. The fourth-order valence-corrected chi connectivity index (χ4v) is 2.15. The molecule has 2 rings (SSSR count). The van der Waals surface area contributed by atoms with Crippen LogP contribution in [0.4, 0.5) is 18.9 Å². The highest BCUT2D eigenvalue weighted by atomic mass is 19.4. The second-order valence-electron chi connectivity index (χ2n) is 4.58. The summed E-state index contributed by atoms with van der Waals surface area (Å²) in [6.07, 6.45) is -2.90. The van der Waals surface area contributed by atoms with E-state index in [1.807, 2.05) is 0 Å². The minimum atomic E-state index is -4.46. The second-order valence-corrected chi connectivity index (χ2v) is 4.58. The monoisotopic (exact) mass is 272 g/mol. The molecule has 1 amide bonds. The number of para-hydroxylation sites is 1. The van der Waals surface area contributed by atoms with Crippen LogP contribution in [0, 0.1) is 5.92 Å². The largest absolute Gasteiger partial charge is 0.418 e. The maximum atomic E-state index is 12.8. The van der Waals surface area contributed by atoms with Crippen molar-refractivity contribution in [1.82, 2.24) is 5.32 Å². The second kappa shape index (κ2) is 5.61. The van der Waals surface area contributed by atoms with E-state index in [2.05, 4.69) is 10.6 Å². The molecule has 1 aliphatic rings. The third-order valence-corrected chi connectivity index (χ3v) is 3.16. The predicted molar refractivity (Wildman–Crippen MR) is 65.7 cm³/mol. The Morgan fingerprint density at radius 3 is 2.68 bits per heavy atom. The van der Waals surface area contributed by atoms with Gasteiger partial charge in [0.15, 0.2) is 0 Å². The first-order valence-corrected chi connectivity index (χ1v) is 6.16. The number of piperidine rings is 1. The van der Waals surface area contributed by atoms with Crippen LogP contribution in [-0.4, -0.2) is 19.0 Å². The lowest BCUT2D eigenvalue weighted by molar-refractivity contribution is -0.137. The fourth-order valence-electron chi connectivity index (χ4n) is 2.15. The number of carbonyl (C=O) groups is 1. The molecule has 6 heteroatoms. The molecule has 1 saturated heterocycles. The van der Waals surface area contributed by atoms with Crippen molar-refractivity contribution in [2.24, 2.45) is 5.92 Å². The quantitative estimate of drug-likeness (QED) is 0.869. The Kier molecular flexibility index (Phi) is 4.09. The minimum absolute atomic E-state index is 0.175. The van der Waals surface area contributed by atoms with Crippen molar-refractivity contribution in [2.75, 3.05) is 18.4 Å². The SMILES string of the molecule is O=C(Nc1ccccc1C(F)(F)F)[C@@H]1CCCNC1. The van der Waals surface area contributed by atoms with Crippen LogP contribution in [0.3, 0.4) is 0 Å². The van der Waals surface area contributed by atoms with Crippen molar-refractivity contribution >= 4 is 11.6 Å². The van der Waals surface area contributed by atoms with Gasteiger partial charge in [-0.15, -0.1) is 0 Å². The molecule has 0 aromatic heterocycles. The molecule has 2 N–H and O–H groups in total. The first-order valence-electron chi connectivity index (χ1n) is 6.16. The summed E-state index contributed by atoms with van der Waals surface area (Å²) in [7, 11) is 0. The lowest BCUT2D eigenvalue weighted by atomic mass is 9.98. The number of benzene rings is 1. The Labute approximate surface area is 109 Å². The van der Waals surface area contributed by atoms with Crippen molar-refractivity contribution in [3.63, 3.8) is 0 Å². The highest BCUT2D eigenvalue weighted by Crippen LogP contribution is 2.34. The van der Waals surface area contributed by atoms with Gasteiger partial charge in [0.2, 0.25) is 5.91 Å². The number of amides is 1. The van der Waals surface area contributed by atoms with E-state index in [-0.39, 0.29) is 17.5 Å². The van der Waals surface area contributed by atoms with Gasteiger partial charge in [-0.2, -0.15) is 13.2 Å². The highest BCUT2D eigenvalue weighted by molar-refractivity contribution is 5.93. The van der Waals surface area contributed by atoms with Crippen LogP contribution in [0.1, 0.15) is 18.4 Å². The van der Waals surface area contributed by atoms with Crippen molar-refractivity contribution in [1.29, 1.82) is 0 Å². The smallest absolute Gasteiger partial charge is 0.325 e. The Morgan fingerprint density at radius 1 is 1.32 bits per heavy atom. The molecule has 0 bridgehead atoms. The topological polar surface area (TPSA) is 41.1 Å². The standard InChI is InChI=1S/C13H15F3N2O/c14-13(15,16)10-5-1-2-6-11(10)18-12(19)9-4-3-7-17-8-9/h1-2,5-6,9,17H,3-4,7-8H2,(H,18,19)/t9-/m1/s1. The molecule has 1 fully saturated rings. The van der Waals surface area contributed by atoms with E-state index in [4.69, 9.17) is 0 Å². The summed E-state index contributed by atoms with van der Waals surface area (Å²) in [5, 5.41) is 5.45. The van der Waals surface area contributed by atoms with Crippen molar-refractivity contribution < 1.29 is 18.0 Å². The third kappa shape index (κ3) is 3.47. The average Bonchev–Trinajstić information content (AvgIpc) is 2.39. The van der Waals surface area contributed by atoms with E-state index in [9.17, 15) is 18.0 Å². The average molecular weight is 272 g/mol. The van der Waals surface area contributed by atoms with Crippen molar-refractivity contribution in [3.8, 4) is 0 Å². The maximum absolute atomic E-state index is 12.8. The molecule has 0 spiro atoms. The number of rotatable bonds is 2. The number of carbonyl (C=O) groups excluding carboxylic acids is 1. The third-order valence-electron chi connectivity index (χ3n) is 3.16. The van der Waals surface area contributed by atoms with Crippen molar-refractivity contribution in [2.45, 2.75) is 19.0 Å². The summed E-state index contributed by atoms with van der Waals surface area (Å²) in [6.45, 7) is 1.36. The summed E-state index contributed by atoms with van der Waals surface area (Å²) in [5.74, 6) is -0.626. The highest BCUT2D eigenvalue weighted by Gasteiger charge is 2.34. The zero-order valence-electron chi connectivity index (χ0n) is 10.3. The number of nitrogens with one attached hydrogen (secondary N) is 2. The van der Waals surface area contributed by atoms with Crippen molar-refractivity contribution in [3.05, 3.63) is 29.8 Å². The molecular formula is C13H15F3N2O. The minimum Gasteiger partial charge on any atom is -0.325 e. The molecular weight excluding hydrogens is 257 g/mol. The van der Waals surface area contributed by atoms with Gasteiger partial charge in [-0.3, -0.25) is 4.79 Å². The van der Waals surface area contributed by atoms with E-state index in [0.717, 1.165) is 19.0 Å². The molecule has 0 radical (unpaired) electrons. The molecule has 1 atom stereocenters. The Balaban J connectivity index is 2.12. The normalized spacial score (nSPS) is 20.1. The number of halogens is 3. The van der Waals surface area contributed by atoms with E-state index >= 15 is 0 Å². The molecule has 0 unspecified atom stereocenters.